The maximum Gasteiger partial charge on any atom is 0.343 e. The van der Waals surface area contributed by atoms with E-state index in [0.29, 0.717) is 56.0 Å². The molecule has 7 rings (SSSR count). The number of ether oxygens (including phenoxy) is 4. The summed E-state index contributed by atoms with van der Waals surface area (Å²) in [7, 11) is 0. The molecule has 0 fully saturated rings. The average Bonchev–Trinajstić information content (AvgIpc) is 3.26. The van der Waals surface area contributed by atoms with Crippen molar-refractivity contribution in [3.8, 4) is 34.5 Å². The third-order valence-electron chi connectivity index (χ3n) is 13.1. The number of rotatable bonds is 6. The zero-order valence-electron chi connectivity index (χ0n) is 44.2. The lowest BCUT2D eigenvalue weighted by molar-refractivity contribution is -0.132. The summed E-state index contributed by atoms with van der Waals surface area (Å²) in [4.78, 5) is 52.1. The van der Waals surface area contributed by atoms with Crippen LogP contribution in [0.15, 0.2) is 97.1 Å². The first kappa shape index (κ1) is 52.6. The average molecular weight is 973 g/mol. The number of carbonyl (C=O) groups is 4. The predicted molar refractivity (Wildman–Crippen MR) is 281 cm³/mol. The van der Waals surface area contributed by atoms with E-state index in [1.807, 2.05) is 48.5 Å². The number of esters is 4. The number of fused-ring (bicyclic) bond motifs is 8. The largest absolute Gasteiger partial charge is 0.507 e. The molecular formula is C62H68O10. The number of phenolic OH excluding ortho intramolecular Hbond substituents is 2. The molecular weight excluding hydrogens is 905 g/mol. The van der Waals surface area contributed by atoms with E-state index >= 15 is 0 Å². The van der Waals surface area contributed by atoms with Gasteiger partial charge in [-0.1, -0.05) is 132 Å². The molecule has 0 heterocycles. The smallest absolute Gasteiger partial charge is 0.343 e. The van der Waals surface area contributed by atoms with Crippen LogP contribution in [-0.2, 0) is 56.9 Å². The SMILES string of the molecule is CC(=O)Oc1ccc(C(=O)Oc2c3cc(C(C)(C)C)cc2Cc2cc(C(C)(C)C)cc(c2O)Cc2cc(C(C)(C)C)cc(c2OC(=O)c2ccc(OC(C)=O)cc2)Cc2cc(C(C)(C)C)cc(c2O)C3)cc1. The topological polar surface area (TPSA) is 146 Å². The van der Waals surface area contributed by atoms with Crippen LogP contribution in [0, 0.1) is 0 Å². The van der Waals surface area contributed by atoms with E-state index in [2.05, 4.69) is 83.1 Å². The predicted octanol–water partition coefficient (Wildman–Crippen LogP) is 13.3. The zero-order chi connectivity index (χ0) is 52.8. The maximum atomic E-state index is 14.4. The Bertz CT molecular complexity index is 2780. The molecule has 0 amide bonds. The van der Waals surface area contributed by atoms with Crippen LogP contribution in [0.1, 0.15) is 184 Å². The van der Waals surface area contributed by atoms with Crippen LogP contribution < -0.4 is 18.9 Å². The molecule has 6 aromatic carbocycles. The number of benzene rings is 6. The minimum Gasteiger partial charge on any atom is -0.507 e. The van der Waals surface area contributed by atoms with E-state index in [4.69, 9.17) is 18.9 Å². The Balaban J connectivity index is 1.53. The molecule has 0 saturated carbocycles. The Labute approximate surface area is 424 Å². The van der Waals surface area contributed by atoms with E-state index in [1.54, 1.807) is 24.3 Å². The van der Waals surface area contributed by atoms with Gasteiger partial charge in [0.05, 0.1) is 11.1 Å². The van der Waals surface area contributed by atoms with Crippen molar-refractivity contribution in [2.75, 3.05) is 0 Å². The van der Waals surface area contributed by atoms with Gasteiger partial charge in [-0.2, -0.15) is 0 Å². The molecule has 1 aliphatic carbocycles. The standard InChI is InChI=1S/C62H68O10/c1-35(63)69-51-19-15-37(16-20-51)57(67)71-55-43-23-39-27-47(59(3,4)5)29-41(53(39)65)25-45-33-50(62(12,13)14)34-46(56(45)72-58(68)38-17-21-52(22-18-38)70-36(2)64)26-42-30-48(60(6,7)8)28-40(54(42)66)24-44(55)32-49(31-43)61(9,10)11/h15-22,27-34,65-66H,23-26H2,1-14H3. The van der Waals surface area contributed by atoms with E-state index < -0.39 is 23.9 Å². The highest BCUT2D eigenvalue weighted by Crippen LogP contribution is 2.44. The van der Waals surface area contributed by atoms with Gasteiger partial charge >= 0.3 is 23.9 Å². The third kappa shape index (κ3) is 12.1. The van der Waals surface area contributed by atoms with E-state index in [9.17, 15) is 29.4 Å². The molecule has 1 aliphatic rings. The fourth-order valence-electron chi connectivity index (χ4n) is 8.86. The van der Waals surface area contributed by atoms with Gasteiger partial charge in [-0.15, -0.1) is 0 Å². The normalized spacial score (nSPS) is 13.0. The van der Waals surface area contributed by atoms with Crippen LogP contribution in [0.5, 0.6) is 34.5 Å². The fraction of sp³-hybridized carbons (Fsp3) is 0.355. The monoisotopic (exact) mass is 972 g/mol. The molecule has 0 unspecified atom stereocenters. The van der Waals surface area contributed by atoms with Gasteiger partial charge in [0, 0.05) is 61.8 Å². The van der Waals surface area contributed by atoms with E-state index in [0.717, 1.165) is 22.3 Å². The van der Waals surface area contributed by atoms with Gasteiger partial charge in [0.15, 0.2) is 0 Å². The minimum absolute atomic E-state index is 0.0508. The van der Waals surface area contributed by atoms with Crippen molar-refractivity contribution >= 4 is 23.9 Å². The number of hydrogen-bond acceptors (Lipinski definition) is 10. The Kier molecular flexibility index (Phi) is 14.5. The van der Waals surface area contributed by atoms with Gasteiger partial charge < -0.3 is 29.2 Å². The molecule has 72 heavy (non-hydrogen) atoms. The first-order valence-electron chi connectivity index (χ1n) is 24.5. The Hall–Kier alpha value is -7.20. The fourth-order valence-corrected chi connectivity index (χ4v) is 8.86. The molecule has 0 radical (unpaired) electrons. The van der Waals surface area contributed by atoms with Crippen molar-refractivity contribution in [2.45, 2.75) is 144 Å². The zero-order valence-corrected chi connectivity index (χ0v) is 44.2. The number of aromatic hydroxyl groups is 2. The molecule has 0 atom stereocenters. The quantitative estimate of drug-likeness (QED) is 0.122. The highest BCUT2D eigenvalue weighted by atomic mass is 16.5. The van der Waals surface area contributed by atoms with Crippen molar-refractivity contribution in [1.82, 2.24) is 0 Å². The lowest BCUT2D eigenvalue weighted by Gasteiger charge is -2.28. The molecule has 2 N–H and O–H groups in total. The summed E-state index contributed by atoms with van der Waals surface area (Å²) in [6, 6.07) is 28.5. The number of phenols is 2. The number of carbonyl (C=O) groups excluding carboxylic acids is 4. The summed E-state index contributed by atoms with van der Waals surface area (Å²) in [5, 5.41) is 25.4. The maximum absolute atomic E-state index is 14.4. The summed E-state index contributed by atoms with van der Waals surface area (Å²) in [5.41, 5.74) is 7.84. The second-order valence-electron chi connectivity index (χ2n) is 23.3. The first-order chi connectivity index (χ1) is 33.4. The van der Waals surface area contributed by atoms with Crippen molar-refractivity contribution in [1.29, 1.82) is 0 Å². The highest BCUT2D eigenvalue weighted by Gasteiger charge is 2.30. The van der Waals surface area contributed by atoms with Crippen LogP contribution in [0.25, 0.3) is 0 Å². The van der Waals surface area contributed by atoms with Gasteiger partial charge in [0.1, 0.15) is 34.5 Å². The van der Waals surface area contributed by atoms with Crippen molar-refractivity contribution < 1.29 is 48.3 Å². The third-order valence-corrected chi connectivity index (χ3v) is 13.1. The van der Waals surface area contributed by atoms with Crippen LogP contribution in [0.2, 0.25) is 0 Å². The summed E-state index contributed by atoms with van der Waals surface area (Å²) in [6.45, 7) is 28.0. The second-order valence-corrected chi connectivity index (χ2v) is 23.3. The van der Waals surface area contributed by atoms with Gasteiger partial charge in [-0.25, -0.2) is 9.59 Å². The lowest BCUT2D eigenvalue weighted by Crippen LogP contribution is -2.18. The summed E-state index contributed by atoms with van der Waals surface area (Å²) in [6.07, 6.45) is 0.633. The first-order valence-corrected chi connectivity index (χ1v) is 24.5. The highest BCUT2D eigenvalue weighted by molar-refractivity contribution is 5.92. The Morgan fingerprint density at radius 1 is 0.361 bits per heavy atom. The Morgan fingerprint density at radius 2 is 0.583 bits per heavy atom. The van der Waals surface area contributed by atoms with Crippen molar-refractivity contribution in [3.63, 3.8) is 0 Å². The summed E-state index contributed by atoms with van der Waals surface area (Å²) < 4.78 is 23.5. The summed E-state index contributed by atoms with van der Waals surface area (Å²) >= 11 is 0. The van der Waals surface area contributed by atoms with E-state index in [-0.39, 0.29) is 81.5 Å². The molecule has 10 nitrogen and oxygen atoms in total. The Morgan fingerprint density at radius 3 is 0.792 bits per heavy atom. The summed E-state index contributed by atoms with van der Waals surface area (Å²) in [5.74, 6) is -0.948. The van der Waals surface area contributed by atoms with Gasteiger partial charge in [-0.05, 0) is 115 Å². The van der Waals surface area contributed by atoms with E-state index in [1.165, 1.54) is 38.1 Å². The minimum atomic E-state index is -0.637. The van der Waals surface area contributed by atoms with Gasteiger partial charge in [0.25, 0.3) is 0 Å². The van der Waals surface area contributed by atoms with Crippen LogP contribution in [-0.4, -0.2) is 34.1 Å². The molecule has 0 aliphatic heterocycles. The molecule has 10 heteroatoms. The van der Waals surface area contributed by atoms with Crippen LogP contribution >= 0.6 is 0 Å². The van der Waals surface area contributed by atoms with Crippen LogP contribution in [0.3, 0.4) is 0 Å². The molecule has 6 aromatic rings. The van der Waals surface area contributed by atoms with Gasteiger partial charge in [-0.3, -0.25) is 9.59 Å². The number of hydrogen-bond donors (Lipinski definition) is 2. The molecule has 0 spiro atoms. The molecule has 8 bridgehead atoms. The molecule has 0 saturated heterocycles. The molecule has 0 aromatic heterocycles. The van der Waals surface area contributed by atoms with Crippen LogP contribution in [0.4, 0.5) is 0 Å². The van der Waals surface area contributed by atoms with Gasteiger partial charge in [0.2, 0.25) is 0 Å². The lowest BCUT2D eigenvalue weighted by atomic mass is 9.79. The molecule has 376 valence electrons. The van der Waals surface area contributed by atoms with Crippen molar-refractivity contribution in [2.24, 2.45) is 0 Å². The van der Waals surface area contributed by atoms with Crippen molar-refractivity contribution in [3.05, 3.63) is 175 Å². The second kappa shape index (κ2) is 19.8.